The van der Waals surface area contributed by atoms with Gasteiger partial charge in [0.1, 0.15) is 0 Å². The van der Waals surface area contributed by atoms with Crippen LogP contribution < -0.4 is 5.32 Å². The maximum Gasteiger partial charge on any atom is 0.522 e. The Morgan fingerprint density at radius 1 is 1.29 bits per heavy atom. The molecule has 126 valence electrons. The molecule has 1 rings (SSSR count). The summed E-state index contributed by atoms with van der Waals surface area (Å²) in [6.07, 6.45) is -2.46. The smallest absolute Gasteiger partial charge is 0.311 e. The Bertz CT molecular complexity index is 297. The zero-order chi connectivity index (χ0) is 16.0. The Morgan fingerprint density at radius 3 is 2.48 bits per heavy atom. The van der Waals surface area contributed by atoms with Crippen LogP contribution in [0, 0.1) is 11.8 Å². The lowest BCUT2D eigenvalue weighted by atomic mass is 9.92. The molecule has 0 aromatic rings. The van der Waals surface area contributed by atoms with Gasteiger partial charge in [0.15, 0.2) is 0 Å². The Hall–Kier alpha value is -0.330. The molecule has 6 heteroatoms. The van der Waals surface area contributed by atoms with Crippen LogP contribution in [0.25, 0.3) is 0 Å². The largest absolute Gasteiger partial charge is 0.522 e. The van der Waals surface area contributed by atoms with E-state index < -0.39 is 6.36 Å². The van der Waals surface area contributed by atoms with Gasteiger partial charge in [0.2, 0.25) is 0 Å². The molecule has 21 heavy (non-hydrogen) atoms. The minimum Gasteiger partial charge on any atom is -0.311 e. The van der Waals surface area contributed by atoms with Gasteiger partial charge in [0.25, 0.3) is 0 Å². The van der Waals surface area contributed by atoms with E-state index in [0.717, 1.165) is 25.9 Å². The molecular weight excluding hydrogens is 281 g/mol. The van der Waals surface area contributed by atoms with Gasteiger partial charge in [-0.1, -0.05) is 34.1 Å². The van der Waals surface area contributed by atoms with E-state index in [1.54, 1.807) is 0 Å². The van der Waals surface area contributed by atoms with Gasteiger partial charge in [-0.3, -0.25) is 9.64 Å². The van der Waals surface area contributed by atoms with Crippen LogP contribution in [0.4, 0.5) is 13.2 Å². The summed E-state index contributed by atoms with van der Waals surface area (Å²) in [5.74, 6) is 1.04. The summed E-state index contributed by atoms with van der Waals surface area (Å²) in [6.45, 7) is 10.3. The maximum atomic E-state index is 12.1. The standard InChI is InChI=1S/C15H29F3N2O/c1-5-12(4)14-9-19-13(8-11(2)3)10-20(14)6-7-21-15(16,17)18/h11-14,19H,5-10H2,1-4H3. The van der Waals surface area contributed by atoms with Crippen LogP contribution in [0.1, 0.15) is 40.5 Å². The maximum absolute atomic E-state index is 12.1. The van der Waals surface area contributed by atoms with Gasteiger partial charge in [0.05, 0.1) is 6.61 Å². The van der Waals surface area contributed by atoms with Crippen molar-refractivity contribution in [3.05, 3.63) is 0 Å². The predicted molar refractivity (Wildman–Crippen MR) is 78.1 cm³/mol. The average Bonchev–Trinajstić information content (AvgIpc) is 2.36. The number of hydrogen-bond acceptors (Lipinski definition) is 3. The molecule has 0 aliphatic carbocycles. The SMILES string of the molecule is CCC(C)C1CNC(CC(C)C)CN1CCOC(F)(F)F. The third kappa shape index (κ3) is 6.98. The van der Waals surface area contributed by atoms with Gasteiger partial charge in [-0.25, -0.2) is 0 Å². The van der Waals surface area contributed by atoms with E-state index in [2.05, 4.69) is 42.6 Å². The first kappa shape index (κ1) is 18.7. The van der Waals surface area contributed by atoms with E-state index >= 15 is 0 Å². The van der Waals surface area contributed by atoms with E-state index in [-0.39, 0.29) is 12.6 Å². The van der Waals surface area contributed by atoms with Crippen molar-refractivity contribution >= 4 is 0 Å². The highest BCUT2D eigenvalue weighted by molar-refractivity contribution is 4.88. The molecule has 0 aromatic heterocycles. The first-order valence-electron chi connectivity index (χ1n) is 7.91. The van der Waals surface area contributed by atoms with Gasteiger partial charge < -0.3 is 5.32 Å². The van der Waals surface area contributed by atoms with Crippen LogP contribution in [0.2, 0.25) is 0 Å². The fourth-order valence-corrected chi connectivity index (χ4v) is 3.00. The summed E-state index contributed by atoms with van der Waals surface area (Å²) >= 11 is 0. The Labute approximate surface area is 126 Å². The van der Waals surface area contributed by atoms with E-state index in [4.69, 9.17) is 0 Å². The molecule has 0 spiro atoms. The summed E-state index contributed by atoms with van der Waals surface area (Å²) in [5.41, 5.74) is 0. The van der Waals surface area contributed by atoms with Gasteiger partial charge in [-0.15, -0.1) is 13.2 Å². The number of rotatable bonds is 7. The molecule has 3 nitrogen and oxygen atoms in total. The number of halogens is 3. The zero-order valence-corrected chi connectivity index (χ0v) is 13.5. The summed E-state index contributed by atoms with van der Waals surface area (Å²) in [4.78, 5) is 2.17. The van der Waals surface area contributed by atoms with Crippen molar-refractivity contribution in [1.29, 1.82) is 0 Å². The second kappa shape index (κ2) is 8.34. The molecule has 1 heterocycles. The summed E-state index contributed by atoms with van der Waals surface area (Å²) in [7, 11) is 0. The van der Waals surface area contributed by atoms with Crippen molar-refractivity contribution in [2.75, 3.05) is 26.2 Å². The molecule has 0 aromatic carbocycles. The Balaban J connectivity index is 2.56. The number of hydrogen-bond donors (Lipinski definition) is 1. The van der Waals surface area contributed by atoms with Crippen molar-refractivity contribution < 1.29 is 17.9 Å². The second-order valence-corrected chi connectivity index (χ2v) is 6.48. The van der Waals surface area contributed by atoms with Crippen molar-refractivity contribution in [2.45, 2.75) is 59.0 Å². The van der Waals surface area contributed by atoms with Crippen molar-refractivity contribution in [1.82, 2.24) is 10.2 Å². The van der Waals surface area contributed by atoms with E-state index in [0.29, 0.717) is 24.4 Å². The van der Waals surface area contributed by atoms with Crippen LogP contribution >= 0.6 is 0 Å². The molecule has 1 saturated heterocycles. The van der Waals surface area contributed by atoms with E-state index in [9.17, 15) is 13.2 Å². The lowest BCUT2D eigenvalue weighted by molar-refractivity contribution is -0.325. The summed E-state index contributed by atoms with van der Waals surface area (Å²) < 4.78 is 40.3. The van der Waals surface area contributed by atoms with E-state index in [1.165, 1.54) is 0 Å². The van der Waals surface area contributed by atoms with Gasteiger partial charge in [0, 0.05) is 31.7 Å². The third-order valence-corrected chi connectivity index (χ3v) is 4.24. The van der Waals surface area contributed by atoms with Gasteiger partial charge in [-0.2, -0.15) is 0 Å². The first-order valence-corrected chi connectivity index (χ1v) is 7.91. The quantitative estimate of drug-likeness (QED) is 0.781. The zero-order valence-electron chi connectivity index (χ0n) is 13.5. The minimum atomic E-state index is -4.53. The number of piperazine rings is 1. The highest BCUT2D eigenvalue weighted by Crippen LogP contribution is 2.21. The predicted octanol–water partition coefficient (Wildman–Crippen LogP) is 3.26. The lowest BCUT2D eigenvalue weighted by Crippen LogP contribution is -2.59. The molecule has 1 fully saturated rings. The van der Waals surface area contributed by atoms with Crippen molar-refractivity contribution in [2.24, 2.45) is 11.8 Å². The normalized spacial score (nSPS) is 26.3. The van der Waals surface area contributed by atoms with Crippen LogP contribution in [0.15, 0.2) is 0 Å². The summed E-state index contributed by atoms with van der Waals surface area (Å²) in [6, 6.07) is 0.645. The molecular formula is C15H29F3N2O. The topological polar surface area (TPSA) is 24.5 Å². The highest BCUT2D eigenvalue weighted by Gasteiger charge is 2.33. The van der Waals surface area contributed by atoms with Gasteiger partial charge in [-0.05, 0) is 18.3 Å². The van der Waals surface area contributed by atoms with Crippen molar-refractivity contribution in [3.8, 4) is 0 Å². The molecule has 3 unspecified atom stereocenters. The molecule has 1 aliphatic rings. The monoisotopic (exact) mass is 310 g/mol. The lowest BCUT2D eigenvalue weighted by Gasteiger charge is -2.43. The Kier molecular flexibility index (Phi) is 7.44. The van der Waals surface area contributed by atoms with Gasteiger partial charge >= 0.3 is 6.36 Å². The number of nitrogens with one attached hydrogen (secondary N) is 1. The molecule has 0 amide bonds. The fourth-order valence-electron chi connectivity index (χ4n) is 3.00. The third-order valence-electron chi connectivity index (χ3n) is 4.24. The fraction of sp³-hybridized carbons (Fsp3) is 1.00. The number of alkyl halides is 3. The molecule has 1 N–H and O–H groups in total. The second-order valence-electron chi connectivity index (χ2n) is 6.48. The molecule has 0 radical (unpaired) electrons. The van der Waals surface area contributed by atoms with Crippen LogP contribution in [-0.2, 0) is 4.74 Å². The van der Waals surface area contributed by atoms with Crippen LogP contribution in [-0.4, -0.2) is 49.6 Å². The first-order chi connectivity index (χ1) is 9.73. The molecule has 3 atom stereocenters. The molecule has 0 bridgehead atoms. The minimum absolute atomic E-state index is 0.287. The highest BCUT2D eigenvalue weighted by atomic mass is 19.4. The number of nitrogens with zero attached hydrogens (tertiary/aromatic N) is 1. The van der Waals surface area contributed by atoms with E-state index in [1.807, 2.05) is 0 Å². The Morgan fingerprint density at radius 2 is 1.95 bits per heavy atom. The average molecular weight is 310 g/mol. The summed E-state index contributed by atoms with van der Waals surface area (Å²) in [5, 5.41) is 3.55. The van der Waals surface area contributed by atoms with Crippen LogP contribution in [0.5, 0.6) is 0 Å². The van der Waals surface area contributed by atoms with Crippen LogP contribution in [0.3, 0.4) is 0 Å². The molecule has 0 saturated carbocycles. The molecule has 1 aliphatic heterocycles. The van der Waals surface area contributed by atoms with Crippen molar-refractivity contribution in [3.63, 3.8) is 0 Å². The number of ether oxygens (including phenoxy) is 1.